The molecule has 0 fully saturated rings. The van der Waals surface area contributed by atoms with Gasteiger partial charge in [-0.25, -0.2) is 0 Å². The summed E-state index contributed by atoms with van der Waals surface area (Å²) in [6.45, 7) is 2.48. The van der Waals surface area contributed by atoms with Crippen LogP contribution in [0.25, 0.3) is 0 Å². The minimum absolute atomic E-state index is 0.0943. The normalized spacial score (nSPS) is 10.1. The average molecular weight is 270 g/mol. The summed E-state index contributed by atoms with van der Waals surface area (Å²) >= 11 is 0. The van der Waals surface area contributed by atoms with Crippen LogP contribution in [0.3, 0.4) is 0 Å². The predicted molar refractivity (Wildman–Crippen MR) is 77.0 cm³/mol. The molecule has 0 aliphatic rings. The van der Waals surface area contributed by atoms with Crippen LogP contribution in [0.5, 0.6) is 0 Å². The van der Waals surface area contributed by atoms with E-state index in [1.807, 2.05) is 31.2 Å². The Balaban J connectivity index is 2.23. The minimum Gasteiger partial charge on any atom is -0.375 e. The van der Waals surface area contributed by atoms with E-state index in [9.17, 15) is 14.9 Å². The molecule has 2 aromatic carbocycles. The third-order valence-corrected chi connectivity index (χ3v) is 3.09. The van der Waals surface area contributed by atoms with Gasteiger partial charge in [-0.05, 0) is 30.2 Å². The molecule has 0 bridgehead atoms. The van der Waals surface area contributed by atoms with Crippen LogP contribution in [0.15, 0.2) is 42.5 Å². The molecule has 0 amide bonds. The summed E-state index contributed by atoms with van der Waals surface area (Å²) in [5.74, 6) is 0. The molecule has 5 nitrogen and oxygen atoms in total. The number of anilines is 1. The topological polar surface area (TPSA) is 72.2 Å². The molecule has 102 valence electrons. The molecule has 1 N–H and O–H groups in total. The second kappa shape index (κ2) is 5.97. The molecular weight excluding hydrogens is 256 g/mol. The summed E-state index contributed by atoms with van der Waals surface area (Å²) in [5.41, 5.74) is 2.79. The van der Waals surface area contributed by atoms with E-state index in [4.69, 9.17) is 0 Å². The Kier molecular flexibility index (Phi) is 4.10. The highest BCUT2D eigenvalue weighted by Gasteiger charge is 2.14. The Labute approximate surface area is 116 Å². The van der Waals surface area contributed by atoms with E-state index in [0.717, 1.165) is 11.1 Å². The SMILES string of the molecule is Cc1ccccc1CNc1ccc(C=O)cc1[N+](=O)[O-]. The van der Waals surface area contributed by atoms with E-state index >= 15 is 0 Å². The number of carbonyl (C=O) groups is 1. The largest absolute Gasteiger partial charge is 0.375 e. The van der Waals surface area contributed by atoms with Gasteiger partial charge in [0.2, 0.25) is 0 Å². The van der Waals surface area contributed by atoms with Gasteiger partial charge >= 0.3 is 0 Å². The Hall–Kier alpha value is -2.69. The van der Waals surface area contributed by atoms with Gasteiger partial charge in [-0.2, -0.15) is 0 Å². The number of nitrogens with one attached hydrogen (secondary N) is 1. The van der Waals surface area contributed by atoms with E-state index in [0.29, 0.717) is 18.5 Å². The molecule has 0 aliphatic heterocycles. The molecule has 0 aliphatic carbocycles. The highest BCUT2D eigenvalue weighted by atomic mass is 16.6. The number of hydrogen-bond donors (Lipinski definition) is 1. The lowest BCUT2D eigenvalue weighted by Crippen LogP contribution is -2.04. The van der Waals surface area contributed by atoms with Crippen molar-refractivity contribution in [1.29, 1.82) is 0 Å². The summed E-state index contributed by atoms with van der Waals surface area (Å²) in [6, 6.07) is 12.2. The van der Waals surface area contributed by atoms with Crippen LogP contribution in [0, 0.1) is 17.0 Å². The molecule has 0 radical (unpaired) electrons. The molecule has 2 rings (SSSR count). The maximum atomic E-state index is 11.0. The molecule has 0 saturated carbocycles. The second-order valence-electron chi connectivity index (χ2n) is 4.43. The van der Waals surface area contributed by atoms with Gasteiger partial charge in [0.1, 0.15) is 12.0 Å². The summed E-state index contributed by atoms with van der Waals surface area (Å²) in [7, 11) is 0. The molecule has 0 aromatic heterocycles. The predicted octanol–water partition coefficient (Wildman–Crippen LogP) is 3.33. The summed E-state index contributed by atoms with van der Waals surface area (Å²) in [4.78, 5) is 21.2. The number of hydrogen-bond acceptors (Lipinski definition) is 4. The fourth-order valence-corrected chi connectivity index (χ4v) is 1.92. The first-order valence-corrected chi connectivity index (χ1v) is 6.14. The van der Waals surface area contributed by atoms with Crippen LogP contribution < -0.4 is 5.32 Å². The maximum Gasteiger partial charge on any atom is 0.293 e. The van der Waals surface area contributed by atoms with E-state index in [-0.39, 0.29) is 11.3 Å². The van der Waals surface area contributed by atoms with E-state index < -0.39 is 4.92 Å². The standard InChI is InChI=1S/C15H14N2O3/c1-11-4-2-3-5-13(11)9-16-14-7-6-12(10-18)8-15(14)17(19)20/h2-8,10,16H,9H2,1H3. The summed E-state index contributed by atoms with van der Waals surface area (Å²) in [6.07, 6.45) is 0.595. The third-order valence-electron chi connectivity index (χ3n) is 3.09. The lowest BCUT2D eigenvalue weighted by Gasteiger charge is -2.09. The van der Waals surface area contributed by atoms with Crippen molar-refractivity contribution in [2.45, 2.75) is 13.5 Å². The number of nitro groups is 1. The van der Waals surface area contributed by atoms with Gasteiger partial charge in [-0.1, -0.05) is 24.3 Å². The van der Waals surface area contributed by atoms with Gasteiger partial charge in [0, 0.05) is 18.2 Å². The minimum atomic E-state index is -0.493. The Bertz CT molecular complexity index is 653. The van der Waals surface area contributed by atoms with Crippen molar-refractivity contribution in [3.8, 4) is 0 Å². The van der Waals surface area contributed by atoms with Crippen LogP contribution in [0.4, 0.5) is 11.4 Å². The van der Waals surface area contributed by atoms with Crippen LogP contribution in [0.1, 0.15) is 21.5 Å². The number of nitro benzene ring substituents is 1. The molecular formula is C15H14N2O3. The van der Waals surface area contributed by atoms with Crippen molar-refractivity contribution in [2.75, 3.05) is 5.32 Å². The van der Waals surface area contributed by atoms with Crippen molar-refractivity contribution in [3.05, 3.63) is 69.3 Å². The fraction of sp³-hybridized carbons (Fsp3) is 0.133. The first-order chi connectivity index (χ1) is 9.61. The average Bonchev–Trinajstić information content (AvgIpc) is 2.46. The van der Waals surface area contributed by atoms with E-state index in [1.165, 1.54) is 6.07 Å². The van der Waals surface area contributed by atoms with Crippen molar-refractivity contribution in [3.63, 3.8) is 0 Å². The first kappa shape index (κ1) is 13.7. The highest BCUT2D eigenvalue weighted by Crippen LogP contribution is 2.25. The van der Waals surface area contributed by atoms with Gasteiger partial charge in [0.15, 0.2) is 0 Å². The molecule has 0 atom stereocenters. The molecule has 20 heavy (non-hydrogen) atoms. The molecule has 0 spiro atoms. The van der Waals surface area contributed by atoms with Crippen LogP contribution >= 0.6 is 0 Å². The zero-order valence-corrected chi connectivity index (χ0v) is 11.0. The Morgan fingerprint density at radius 2 is 2.00 bits per heavy atom. The number of nitrogens with zero attached hydrogens (tertiary/aromatic N) is 1. The Morgan fingerprint density at radius 3 is 2.65 bits per heavy atom. The zero-order valence-electron chi connectivity index (χ0n) is 11.0. The number of benzene rings is 2. The molecule has 0 unspecified atom stereocenters. The van der Waals surface area contributed by atoms with E-state index in [1.54, 1.807) is 12.1 Å². The molecule has 0 saturated heterocycles. The van der Waals surface area contributed by atoms with Gasteiger partial charge in [0.25, 0.3) is 5.69 Å². The number of rotatable bonds is 5. The highest BCUT2D eigenvalue weighted by molar-refractivity contribution is 5.79. The maximum absolute atomic E-state index is 11.0. The fourth-order valence-electron chi connectivity index (χ4n) is 1.92. The lowest BCUT2D eigenvalue weighted by atomic mass is 10.1. The van der Waals surface area contributed by atoms with E-state index in [2.05, 4.69) is 5.32 Å². The van der Waals surface area contributed by atoms with Crippen LogP contribution in [0.2, 0.25) is 0 Å². The van der Waals surface area contributed by atoms with Crippen molar-refractivity contribution in [1.82, 2.24) is 0 Å². The Morgan fingerprint density at radius 1 is 1.25 bits per heavy atom. The number of aryl methyl sites for hydroxylation is 1. The van der Waals surface area contributed by atoms with Gasteiger partial charge in [0.05, 0.1) is 4.92 Å². The summed E-state index contributed by atoms with van der Waals surface area (Å²) < 4.78 is 0. The molecule has 5 heteroatoms. The molecule has 2 aromatic rings. The lowest BCUT2D eigenvalue weighted by molar-refractivity contribution is -0.384. The van der Waals surface area contributed by atoms with Gasteiger partial charge in [-0.3, -0.25) is 14.9 Å². The monoisotopic (exact) mass is 270 g/mol. The van der Waals surface area contributed by atoms with Crippen molar-refractivity contribution >= 4 is 17.7 Å². The number of aldehydes is 1. The van der Waals surface area contributed by atoms with Crippen LogP contribution in [-0.4, -0.2) is 11.2 Å². The van der Waals surface area contributed by atoms with Crippen LogP contribution in [-0.2, 0) is 6.54 Å². The van der Waals surface area contributed by atoms with Gasteiger partial charge < -0.3 is 5.32 Å². The molecule has 0 heterocycles. The quantitative estimate of drug-likeness (QED) is 0.514. The van der Waals surface area contributed by atoms with Gasteiger partial charge in [-0.15, -0.1) is 0 Å². The number of carbonyl (C=O) groups excluding carboxylic acids is 1. The van der Waals surface area contributed by atoms with Crippen molar-refractivity contribution < 1.29 is 9.72 Å². The van der Waals surface area contributed by atoms with Crippen molar-refractivity contribution in [2.24, 2.45) is 0 Å². The first-order valence-electron chi connectivity index (χ1n) is 6.14. The zero-order chi connectivity index (χ0) is 14.5. The second-order valence-corrected chi connectivity index (χ2v) is 4.43. The summed E-state index contributed by atoms with van der Waals surface area (Å²) in [5, 5.41) is 14.1. The third kappa shape index (κ3) is 3.00. The smallest absolute Gasteiger partial charge is 0.293 e.